The number of nitrogens with zero attached hydrogens (tertiary/aromatic N) is 1. The number of β-lactam (4-membered cyclic amide) rings is 1. The van der Waals surface area contributed by atoms with Gasteiger partial charge >= 0.3 is 9.24 Å². The molecule has 1 aromatic carbocycles. The molecule has 92 valence electrons. The number of carbonyl (C=O) groups excluding carboxylic acids is 1. The molecule has 0 N–H and O–H groups in total. The summed E-state index contributed by atoms with van der Waals surface area (Å²) in [5, 5.41) is 0.399. The molecule has 1 unspecified atom stereocenters. The highest BCUT2D eigenvalue weighted by Crippen LogP contribution is 2.41. The van der Waals surface area contributed by atoms with Gasteiger partial charge in [0.2, 0.25) is 5.91 Å². The van der Waals surface area contributed by atoms with E-state index in [9.17, 15) is 13.2 Å². The molecule has 0 saturated carbocycles. The first-order chi connectivity index (χ1) is 7.80. The van der Waals surface area contributed by atoms with Gasteiger partial charge in [0.05, 0.1) is 12.5 Å². The summed E-state index contributed by atoms with van der Waals surface area (Å²) in [7, 11) is 1.13. The van der Waals surface area contributed by atoms with E-state index in [0.29, 0.717) is 14.9 Å². The molecule has 4 nitrogen and oxygen atoms in total. The number of hydrogen-bond acceptors (Lipinski definition) is 3. The van der Waals surface area contributed by atoms with E-state index in [4.69, 9.17) is 22.3 Å². The van der Waals surface area contributed by atoms with Crippen molar-refractivity contribution in [1.82, 2.24) is 4.31 Å². The van der Waals surface area contributed by atoms with Crippen molar-refractivity contribution in [1.29, 1.82) is 0 Å². The normalized spacial score (nSPS) is 20.3. The second-order valence-electron chi connectivity index (χ2n) is 3.52. The molecule has 0 radical (unpaired) electrons. The zero-order valence-electron chi connectivity index (χ0n) is 8.23. The van der Waals surface area contributed by atoms with Crippen LogP contribution < -0.4 is 0 Å². The van der Waals surface area contributed by atoms with Gasteiger partial charge in [-0.1, -0.05) is 27.5 Å². The lowest BCUT2D eigenvalue weighted by Crippen LogP contribution is -2.48. The van der Waals surface area contributed by atoms with Crippen LogP contribution in [0.2, 0.25) is 5.02 Å². The zero-order valence-corrected chi connectivity index (χ0v) is 12.1. The molecule has 1 aliphatic heterocycles. The molecule has 1 aromatic rings. The van der Waals surface area contributed by atoms with E-state index in [1.807, 2.05) is 0 Å². The molecule has 8 heteroatoms. The minimum atomic E-state index is -4.06. The van der Waals surface area contributed by atoms with Gasteiger partial charge in [0.25, 0.3) is 0 Å². The number of halogens is 3. The van der Waals surface area contributed by atoms with Crippen LogP contribution >= 0.6 is 38.2 Å². The van der Waals surface area contributed by atoms with Crippen LogP contribution in [0.1, 0.15) is 18.0 Å². The average molecular weight is 359 g/mol. The number of rotatable bonds is 2. The van der Waals surface area contributed by atoms with E-state index in [1.54, 1.807) is 18.2 Å². The van der Waals surface area contributed by atoms with Gasteiger partial charge in [-0.2, -0.15) is 8.42 Å². The molecule has 0 spiro atoms. The lowest BCUT2D eigenvalue weighted by molar-refractivity contribution is -0.137. The van der Waals surface area contributed by atoms with E-state index in [0.717, 1.165) is 4.47 Å². The second kappa shape index (κ2) is 4.42. The molecule has 0 bridgehead atoms. The Morgan fingerprint density at radius 2 is 2.06 bits per heavy atom. The molecular formula is C9H6BrCl2NO3S. The molecule has 1 amide bonds. The Bertz CT molecular complexity index is 590. The Morgan fingerprint density at radius 3 is 2.59 bits per heavy atom. The van der Waals surface area contributed by atoms with Crippen LogP contribution in [0.25, 0.3) is 0 Å². The largest absolute Gasteiger partial charge is 0.324 e. The summed E-state index contributed by atoms with van der Waals surface area (Å²) in [6.07, 6.45) is 0.0854. The summed E-state index contributed by atoms with van der Waals surface area (Å²) < 4.78 is 23.8. The Hall–Kier alpha value is -0.300. The number of hydrogen-bond donors (Lipinski definition) is 0. The van der Waals surface area contributed by atoms with E-state index in [2.05, 4.69) is 15.9 Å². The number of carbonyl (C=O) groups is 1. The van der Waals surface area contributed by atoms with E-state index >= 15 is 0 Å². The fraction of sp³-hybridized carbons (Fsp3) is 0.222. The Kier molecular flexibility index (Phi) is 3.42. The highest BCUT2D eigenvalue weighted by atomic mass is 79.9. The molecule has 1 saturated heterocycles. The van der Waals surface area contributed by atoms with Gasteiger partial charge in [0.15, 0.2) is 0 Å². The molecule has 0 aromatic heterocycles. The van der Waals surface area contributed by atoms with Crippen molar-refractivity contribution in [3.05, 3.63) is 33.3 Å². The average Bonchev–Trinajstić information content (AvgIpc) is 2.15. The summed E-state index contributed by atoms with van der Waals surface area (Å²) >= 11 is 9.23. The maximum Gasteiger partial charge on any atom is 0.324 e. The SMILES string of the molecule is O=C1CC(c2cc(Br)ccc2Cl)N1S(=O)(=O)Cl. The van der Waals surface area contributed by atoms with Gasteiger partial charge in [-0.3, -0.25) is 4.79 Å². The Morgan fingerprint density at radius 1 is 1.41 bits per heavy atom. The molecule has 1 heterocycles. The van der Waals surface area contributed by atoms with Crippen LogP contribution in [0, 0.1) is 0 Å². The molecule has 17 heavy (non-hydrogen) atoms. The second-order valence-corrected chi connectivity index (χ2v) is 7.23. The molecule has 1 aliphatic rings. The summed E-state index contributed by atoms with van der Waals surface area (Å²) in [5.41, 5.74) is 0.560. The van der Waals surface area contributed by atoms with Crippen molar-refractivity contribution in [3.8, 4) is 0 Å². The van der Waals surface area contributed by atoms with Gasteiger partial charge in [-0.25, -0.2) is 4.31 Å². The van der Waals surface area contributed by atoms with E-state index < -0.39 is 21.2 Å². The molecule has 2 rings (SSSR count). The van der Waals surface area contributed by atoms with Crippen molar-refractivity contribution in [2.24, 2.45) is 0 Å². The highest BCUT2D eigenvalue weighted by molar-refractivity contribution is 9.10. The van der Waals surface area contributed by atoms with Crippen molar-refractivity contribution in [3.63, 3.8) is 0 Å². The van der Waals surface area contributed by atoms with Crippen molar-refractivity contribution in [2.75, 3.05) is 0 Å². The van der Waals surface area contributed by atoms with Crippen molar-refractivity contribution >= 4 is 53.4 Å². The topological polar surface area (TPSA) is 54.5 Å². The highest BCUT2D eigenvalue weighted by Gasteiger charge is 2.45. The molecular weight excluding hydrogens is 353 g/mol. The first kappa shape index (κ1) is 13.1. The van der Waals surface area contributed by atoms with E-state index in [-0.39, 0.29) is 6.42 Å². The van der Waals surface area contributed by atoms with Crippen LogP contribution in [-0.4, -0.2) is 18.6 Å². The summed E-state index contributed by atoms with van der Waals surface area (Å²) in [6, 6.07) is 4.42. The third kappa shape index (κ3) is 2.45. The molecule has 0 aliphatic carbocycles. The maximum atomic E-state index is 11.3. The van der Waals surface area contributed by atoms with Gasteiger partial charge in [0.1, 0.15) is 0 Å². The van der Waals surface area contributed by atoms with Gasteiger partial charge in [-0.05, 0) is 23.8 Å². The number of benzene rings is 1. The van der Waals surface area contributed by atoms with Crippen LogP contribution in [0.3, 0.4) is 0 Å². The fourth-order valence-electron chi connectivity index (χ4n) is 1.68. The minimum absolute atomic E-state index is 0.0854. The van der Waals surface area contributed by atoms with Gasteiger partial charge < -0.3 is 0 Å². The smallest absolute Gasteiger partial charge is 0.274 e. The fourth-order valence-corrected chi connectivity index (χ4v) is 3.63. The van der Waals surface area contributed by atoms with Crippen LogP contribution in [0.4, 0.5) is 0 Å². The lowest BCUT2D eigenvalue weighted by Gasteiger charge is -2.37. The maximum absolute atomic E-state index is 11.3. The summed E-state index contributed by atoms with van der Waals surface area (Å²) in [4.78, 5) is 11.3. The summed E-state index contributed by atoms with van der Waals surface area (Å²) in [6.45, 7) is 0. The Labute approximate surface area is 116 Å². The van der Waals surface area contributed by atoms with Crippen LogP contribution in [0.5, 0.6) is 0 Å². The standard InChI is InChI=1S/C9H6BrCl2NO3S/c10-5-1-2-7(11)6(3-5)8-4-9(14)13(8)17(12,15)16/h1-3,8H,4H2. The minimum Gasteiger partial charge on any atom is -0.274 e. The monoisotopic (exact) mass is 357 g/mol. The lowest BCUT2D eigenvalue weighted by atomic mass is 9.97. The summed E-state index contributed by atoms with van der Waals surface area (Å²) in [5.74, 6) is -0.527. The Balaban J connectivity index is 2.42. The zero-order chi connectivity index (χ0) is 12.8. The third-order valence-corrected chi connectivity index (χ3v) is 4.66. The molecule has 1 atom stereocenters. The third-order valence-electron chi connectivity index (χ3n) is 2.45. The van der Waals surface area contributed by atoms with Gasteiger partial charge in [0, 0.05) is 20.2 Å². The van der Waals surface area contributed by atoms with Crippen molar-refractivity contribution < 1.29 is 13.2 Å². The predicted molar refractivity (Wildman–Crippen MR) is 68.1 cm³/mol. The van der Waals surface area contributed by atoms with Crippen LogP contribution in [0.15, 0.2) is 22.7 Å². The van der Waals surface area contributed by atoms with Gasteiger partial charge in [-0.15, -0.1) is 0 Å². The number of amides is 1. The van der Waals surface area contributed by atoms with Crippen LogP contribution in [-0.2, 0) is 14.0 Å². The predicted octanol–water partition coefficient (Wildman–Crippen LogP) is 2.86. The van der Waals surface area contributed by atoms with Crippen molar-refractivity contribution in [2.45, 2.75) is 12.5 Å². The van der Waals surface area contributed by atoms with E-state index in [1.165, 1.54) is 0 Å². The first-order valence-corrected chi connectivity index (χ1v) is 7.96. The first-order valence-electron chi connectivity index (χ1n) is 4.52. The molecule has 1 fully saturated rings. The quantitative estimate of drug-likeness (QED) is 0.603.